The van der Waals surface area contributed by atoms with E-state index >= 15 is 0 Å². The Hall–Kier alpha value is -2.13. The summed E-state index contributed by atoms with van der Waals surface area (Å²) in [5.74, 6) is -1.02. The van der Waals surface area contributed by atoms with Crippen LogP contribution in [0.1, 0.15) is 15.9 Å². The number of hydrogen-bond donors (Lipinski definition) is 1. The van der Waals surface area contributed by atoms with Crippen molar-refractivity contribution in [2.75, 3.05) is 0 Å². The average Bonchev–Trinajstić information content (AvgIpc) is 2.40. The summed E-state index contributed by atoms with van der Waals surface area (Å²) in [6.45, 7) is 0. The lowest BCUT2D eigenvalue weighted by Gasteiger charge is -2.01. The third kappa shape index (κ3) is 3.20. The molecule has 4 heteroatoms. The van der Waals surface area contributed by atoms with E-state index in [9.17, 15) is 14.3 Å². The van der Waals surface area contributed by atoms with E-state index in [4.69, 9.17) is 11.6 Å². The minimum atomic E-state index is -0.441. The third-order valence-electron chi connectivity index (χ3n) is 2.54. The summed E-state index contributed by atoms with van der Waals surface area (Å²) < 4.78 is 13.4. The van der Waals surface area contributed by atoms with Crippen LogP contribution < -0.4 is 0 Å². The van der Waals surface area contributed by atoms with Gasteiger partial charge in [-0.3, -0.25) is 4.79 Å². The van der Waals surface area contributed by atoms with Crippen LogP contribution in [-0.4, -0.2) is 10.9 Å². The fraction of sp³-hybridized carbons (Fsp3) is 0. The monoisotopic (exact) mass is 276 g/mol. The molecule has 0 amide bonds. The third-order valence-corrected chi connectivity index (χ3v) is 2.78. The van der Waals surface area contributed by atoms with Crippen molar-refractivity contribution >= 4 is 23.5 Å². The van der Waals surface area contributed by atoms with Crippen LogP contribution in [0.2, 0.25) is 5.02 Å². The van der Waals surface area contributed by atoms with Gasteiger partial charge in [0.25, 0.3) is 0 Å². The minimum absolute atomic E-state index is 0.0834. The molecule has 0 heterocycles. The lowest BCUT2D eigenvalue weighted by molar-refractivity contribution is 0.104. The number of carbonyl (C=O) groups excluding carboxylic acids is 1. The summed E-state index contributed by atoms with van der Waals surface area (Å²) in [5.41, 5.74) is 0.387. The number of carbonyl (C=O) groups is 1. The maximum Gasteiger partial charge on any atom is 0.189 e. The number of allylic oxidation sites excluding steroid dienone is 1. The second kappa shape index (κ2) is 5.67. The van der Waals surface area contributed by atoms with Gasteiger partial charge in [-0.2, -0.15) is 0 Å². The molecular formula is C15H10ClFO2. The van der Waals surface area contributed by atoms with Gasteiger partial charge >= 0.3 is 0 Å². The molecule has 0 fully saturated rings. The van der Waals surface area contributed by atoms with Crippen LogP contribution in [0.3, 0.4) is 0 Å². The van der Waals surface area contributed by atoms with Crippen molar-refractivity contribution < 1.29 is 14.3 Å². The predicted molar refractivity (Wildman–Crippen MR) is 72.9 cm³/mol. The van der Waals surface area contributed by atoms with Crippen molar-refractivity contribution in [3.05, 3.63) is 70.5 Å². The molecule has 0 aliphatic heterocycles. The van der Waals surface area contributed by atoms with Gasteiger partial charge in [-0.25, -0.2) is 4.39 Å². The predicted octanol–water partition coefficient (Wildman–Crippen LogP) is 4.08. The highest BCUT2D eigenvalue weighted by Crippen LogP contribution is 2.22. The van der Waals surface area contributed by atoms with Gasteiger partial charge in [-0.05, 0) is 36.4 Å². The summed E-state index contributed by atoms with van der Waals surface area (Å²) in [5, 5.41) is 9.92. The van der Waals surface area contributed by atoms with Gasteiger partial charge in [0, 0.05) is 10.6 Å². The zero-order valence-corrected chi connectivity index (χ0v) is 10.6. The lowest BCUT2D eigenvalue weighted by Crippen LogP contribution is -1.95. The van der Waals surface area contributed by atoms with Crippen LogP contribution in [0, 0.1) is 5.82 Å². The first-order valence-electron chi connectivity index (χ1n) is 5.53. The Kier molecular flexibility index (Phi) is 3.97. The molecule has 2 rings (SSSR count). The number of phenolic OH excluding ortho intramolecular Hbond substituents is 1. The molecule has 0 atom stereocenters. The highest BCUT2D eigenvalue weighted by atomic mass is 35.5. The molecule has 0 saturated heterocycles. The largest absolute Gasteiger partial charge is 0.507 e. The van der Waals surface area contributed by atoms with E-state index in [0.717, 1.165) is 0 Å². The first kappa shape index (κ1) is 13.3. The average molecular weight is 277 g/mol. The summed E-state index contributed by atoms with van der Waals surface area (Å²) in [6, 6.07) is 10.3. The molecule has 2 aromatic carbocycles. The van der Waals surface area contributed by atoms with E-state index in [1.807, 2.05) is 0 Å². The van der Waals surface area contributed by atoms with Gasteiger partial charge < -0.3 is 5.11 Å². The Bertz CT molecular complexity index is 650. The van der Waals surface area contributed by atoms with E-state index < -0.39 is 11.6 Å². The van der Waals surface area contributed by atoms with Gasteiger partial charge in [0.2, 0.25) is 0 Å². The summed E-state index contributed by atoms with van der Waals surface area (Å²) in [7, 11) is 0. The quantitative estimate of drug-likeness (QED) is 0.677. The standard InChI is InChI=1S/C15H10ClFO2/c16-11-6-8-15(19)12(9-11)14(18)7-5-10-3-1-2-4-13(10)17/h1-9,19H/b7-5+. The molecule has 0 saturated carbocycles. The Morgan fingerprint density at radius 1 is 1.21 bits per heavy atom. The van der Waals surface area contributed by atoms with Gasteiger partial charge in [0.15, 0.2) is 5.78 Å². The number of hydrogen-bond acceptors (Lipinski definition) is 2. The number of halogens is 2. The molecule has 0 aliphatic carbocycles. The number of aromatic hydroxyl groups is 1. The number of ketones is 1. The van der Waals surface area contributed by atoms with Crippen molar-refractivity contribution in [1.82, 2.24) is 0 Å². The second-order valence-electron chi connectivity index (χ2n) is 3.88. The molecular weight excluding hydrogens is 267 g/mol. The van der Waals surface area contributed by atoms with Gasteiger partial charge in [0.05, 0.1) is 5.56 Å². The van der Waals surface area contributed by atoms with Gasteiger partial charge in [-0.15, -0.1) is 0 Å². The molecule has 0 aromatic heterocycles. The zero-order chi connectivity index (χ0) is 13.8. The first-order chi connectivity index (χ1) is 9.08. The maximum atomic E-state index is 13.4. The van der Waals surface area contributed by atoms with Crippen LogP contribution in [0.25, 0.3) is 6.08 Å². The van der Waals surface area contributed by atoms with Crippen molar-refractivity contribution in [2.45, 2.75) is 0 Å². The molecule has 0 spiro atoms. The van der Waals surface area contributed by atoms with Crippen LogP contribution in [0.4, 0.5) is 4.39 Å². The van der Waals surface area contributed by atoms with Crippen molar-refractivity contribution in [3.63, 3.8) is 0 Å². The van der Waals surface area contributed by atoms with Gasteiger partial charge in [-0.1, -0.05) is 29.8 Å². The van der Waals surface area contributed by atoms with E-state index in [-0.39, 0.29) is 11.3 Å². The fourth-order valence-corrected chi connectivity index (χ4v) is 1.74. The number of benzene rings is 2. The SMILES string of the molecule is O=C(/C=C/c1ccccc1F)c1cc(Cl)ccc1O. The smallest absolute Gasteiger partial charge is 0.189 e. The minimum Gasteiger partial charge on any atom is -0.507 e. The molecule has 0 radical (unpaired) electrons. The molecule has 0 aliphatic rings. The molecule has 2 aromatic rings. The van der Waals surface area contributed by atoms with E-state index in [1.54, 1.807) is 18.2 Å². The summed E-state index contributed by atoms with van der Waals surface area (Å²) >= 11 is 5.76. The van der Waals surface area contributed by atoms with Crippen LogP contribution in [0.5, 0.6) is 5.75 Å². The molecule has 96 valence electrons. The van der Waals surface area contributed by atoms with Crippen LogP contribution in [0.15, 0.2) is 48.5 Å². The van der Waals surface area contributed by atoms with Crippen molar-refractivity contribution in [2.24, 2.45) is 0 Å². The molecule has 0 bridgehead atoms. The Morgan fingerprint density at radius 3 is 2.68 bits per heavy atom. The highest BCUT2D eigenvalue weighted by Gasteiger charge is 2.09. The van der Waals surface area contributed by atoms with Crippen molar-refractivity contribution in [1.29, 1.82) is 0 Å². The lowest BCUT2D eigenvalue weighted by atomic mass is 10.1. The van der Waals surface area contributed by atoms with Crippen LogP contribution in [-0.2, 0) is 0 Å². The maximum absolute atomic E-state index is 13.4. The fourth-order valence-electron chi connectivity index (χ4n) is 1.57. The van der Waals surface area contributed by atoms with E-state index in [2.05, 4.69) is 0 Å². The Labute approximate surface area is 114 Å². The zero-order valence-electron chi connectivity index (χ0n) is 9.81. The van der Waals surface area contributed by atoms with Crippen LogP contribution >= 0.6 is 11.6 Å². The molecule has 19 heavy (non-hydrogen) atoms. The second-order valence-corrected chi connectivity index (χ2v) is 4.32. The molecule has 1 N–H and O–H groups in total. The van der Waals surface area contributed by atoms with Crippen molar-refractivity contribution in [3.8, 4) is 5.75 Å². The topological polar surface area (TPSA) is 37.3 Å². The molecule has 2 nitrogen and oxygen atoms in total. The number of rotatable bonds is 3. The first-order valence-corrected chi connectivity index (χ1v) is 5.91. The normalized spacial score (nSPS) is 10.8. The van der Waals surface area contributed by atoms with Gasteiger partial charge in [0.1, 0.15) is 11.6 Å². The summed E-state index contributed by atoms with van der Waals surface area (Å²) in [6.07, 6.45) is 2.56. The Morgan fingerprint density at radius 2 is 1.95 bits per heavy atom. The Balaban J connectivity index is 2.26. The summed E-state index contributed by atoms with van der Waals surface area (Å²) in [4.78, 5) is 11.9. The number of phenols is 1. The van der Waals surface area contributed by atoms with E-state index in [0.29, 0.717) is 10.6 Å². The highest BCUT2D eigenvalue weighted by molar-refractivity contribution is 6.31. The van der Waals surface area contributed by atoms with E-state index in [1.165, 1.54) is 36.4 Å². The molecule has 0 unspecified atom stereocenters.